The summed E-state index contributed by atoms with van der Waals surface area (Å²) >= 11 is 0. The molecule has 5 rings (SSSR count). The molecule has 1 amide bonds. The molecule has 0 saturated heterocycles. The average molecular weight is 500 g/mol. The molecule has 0 atom stereocenters. The highest BCUT2D eigenvalue weighted by molar-refractivity contribution is 5.90. The van der Waals surface area contributed by atoms with Crippen molar-refractivity contribution in [3.05, 3.63) is 70.5 Å². The van der Waals surface area contributed by atoms with Gasteiger partial charge in [-0.2, -0.15) is 0 Å². The summed E-state index contributed by atoms with van der Waals surface area (Å²) in [5.41, 5.74) is 7.68. The zero-order chi connectivity index (χ0) is 26.2. The van der Waals surface area contributed by atoms with Gasteiger partial charge in [0.15, 0.2) is 5.82 Å². The molecule has 3 aromatic rings. The van der Waals surface area contributed by atoms with E-state index in [0.717, 1.165) is 54.1 Å². The molecule has 0 radical (unpaired) electrons. The normalized spacial score (nSPS) is 14.6. The van der Waals surface area contributed by atoms with Gasteiger partial charge in [-0.3, -0.25) is 4.79 Å². The maximum atomic E-state index is 12.9. The first kappa shape index (κ1) is 26.8. The van der Waals surface area contributed by atoms with E-state index in [1.54, 1.807) is 7.11 Å². The van der Waals surface area contributed by atoms with E-state index in [4.69, 9.17) is 14.7 Å². The lowest BCUT2D eigenvalue weighted by molar-refractivity contribution is -0.116. The first-order valence-electron chi connectivity index (χ1n) is 14.0. The van der Waals surface area contributed by atoms with Gasteiger partial charge >= 0.3 is 0 Å². The maximum Gasteiger partial charge on any atom is 0.225 e. The fourth-order valence-electron chi connectivity index (χ4n) is 5.40. The topological polar surface area (TPSA) is 64.1 Å². The first-order valence-corrected chi connectivity index (χ1v) is 14.0. The van der Waals surface area contributed by atoms with Crippen LogP contribution in [-0.2, 0) is 30.5 Å². The Morgan fingerprint density at radius 1 is 1.00 bits per heavy atom. The Morgan fingerprint density at radius 2 is 1.76 bits per heavy atom. The molecule has 0 bridgehead atoms. The predicted molar refractivity (Wildman–Crippen MR) is 151 cm³/mol. The lowest BCUT2D eigenvalue weighted by atomic mass is 9.85. The van der Waals surface area contributed by atoms with Gasteiger partial charge in [-0.1, -0.05) is 75.8 Å². The minimum Gasteiger partial charge on any atom is -0.497 e. The molecule has 1 saturated carbocycles. The molecular weight excluding hydrogens is 458 g/mol. The highest BCUT2D eigenvalue weighted by Gasteiger charge is 2.25. The fraction of sp³-hybridized carbons (Fsp3) is 0.469. The number of carbonyl (C=O) groups excluding carboxylic acids is 1. The summed E-state index contributed by atoms with van der Waals surface area (Å²) in [5.74, 6) is 2.16. The third-order valence-electron chi connectivity index (χ3n) is 7.46. The Labute approximate surface area is 222 Å². The van der Waals surface area contributed by atoms with Gasteiger partial charge in [-0.15, -0.1) is 0 Å². The largest absolute Gasteiger partial charge is 0.497 e. The lowest BCUT2D eigenvalue weighted by Crippen LogP contribution is -2.20. The van der Waals surface area contributed by atoms with E-state index < -0.39 is 0 Å². The van der Waals surface area contributed by atoms with Crippen molar-refractivity contribution in [2.75, 3.05) is 12.4 Å². The third-order valence-corrected chi connectivity index (χ3v) is 7.46. The maximum absolute atomic E-state index is 12.9. The quantitative estimate of drug-likeness (QED) is 0.371. The number of methoxy groups -OCH3 is 1. The SMILES string of the molecule is CC.COc1ccc2c(c1)CCc1nc(NC(=O)CCc3ccc(C)cc3)c(CC3CCCCC3)nc1-2. The van der Waals surface area contributed by atoms with Gasteiger partial charge in [-0.05, 0) is 67.9 Å². The van der Waals surface area contributed by atoms with Crippen molar-refractivity contribution in [2.24, 2.45) is 5.92 Å². The third kappa shape index (κ3) is 6.76. The molecule has 1 aromatic heterocycles. The van der Waals surface area contributed by atoms with E-state index in [-0.39, 0.29) is 5.91 Å². The number of ether oxygens (including phenoxy) is 1. The Balaban J connectivity index is 0.00000156. The average Bonchev–Trinajstić information content (AvgIpc) is 2.94. The molecule has 0 spiro atoms. The molecule has 1 heterocycles. The van der Waals surface area contributed by atoms with Crippen LogP contribution in [0.15, 0.2) is 42.5 Å². The standard InChI is InChI=1S/C30H35N3O2.C2H6/c1-20-8-10-21(11-9-20)12-17-28(34)33-30-27(18-22-6-4-3-5-7-22)31-29-25-15-14-24(35-2)19-23(25)13-16-26(29)32-30;1-2/h8-11,14-15,19,22H,3-7,12-13,16-18H2,1-2H3,(H,32,33,34);1-2H3. The number of aryl methyl sites for hydroxylation is 4. The molecule has 2 aliphatic carbocycles. The molecule has 2 aromatic carbocycles. The highest BCUT2D eigenvalue weighted by atomic mass is 16.5. The second-order valence-corrected chi connectivity index (χ2v) is 10.1. The van der Waals surface area contributed by atoms with Crippen molar-refractivity contribution >= 4 is 11.7 Å². The number of hydrogen-bond acceptors (Lipinski definition) is 4. The molecule has 5 nitrogen and oxygen atoms in total. The van der Waals surface area contributed by atoms with Crippen LogP contribution in [0, 0.1) is 12.8 Å². The van der Waals surface area contributed by atoms with Gasteiger partial charge in [0.25, 0.3) is 0 Å². The van der Waals surface area contributed by atoms with Gasteiger partial charge in [-0.25, -0.2) is 9.97 Å². The fourth-order valence-corrected chi connectivity index (χ4v) is 5.40. The summed E-state index contributed by atoms with van der Waals surface area (Å²) in [6.45, 7) is 6.08. The lowest BCUT2D eigenvalue weighted by Gasteiger charge is -2.25. The molecule has 1 N–H and O–H groups in total. The van der Waals surface area contributed by atoms with Crippen LogP contribution in [0.5, 0.6) is 5.75 Å². The number of nitrogens with zero attached hydrogens (tertiary/aromatic N) is 2. The zero-order valence-electron chi connectivity index (χ0n) is 22.9. The van der Waals surface area contributed by atoms with Crippen molar-refractivity contribution < 1.29 is 9.53 Å². The number of fused-ring (bicyclic) bond motifs is 3. The number of rotatable bonds is 7. The van der Waals surface area contributed by atoms with Crippen molar-refractivity contribution in [3.8, 4) is 17.0 Å². The summed E-state index contributed by atoms with van der Waals surface area (Å²) < 4.78 is 5.43. The summed E-state index contributed by atoms with van der Waals surface area (Å²) in [6, 6.07) is 14.6. The Hall–Kier alpha value is -3.21. The van der Waals surface area contributed by atoms with Crippen LogP contribution >= 0.6 is 0 Å². The minimum absolute atomic E-state index is 0.00525. The van der Waals surface area contributed by atoms with Crippen LogP contribution in [0.2, 0.25) is 0 Å². The van der Waals surface area contributed by atoms with E-state index >= 15 is 0 Å². The van der Waals surface area contributed by atoms with Gasteiger partial charge < -0.3 is 10.1 Å². The van der Waals surface area contributed by atoms with E-state index in [1.807, 2.05) is 19.9 Å². The predicted octanol–water partition coefficient (Wildman–Crippen LogP) is 7.28. The van der Waals surface area contributed by atoms with E-state index in [0.29, 0.717) is 18.2 Å². The summed E-state index contributed by atoms with van der Waals surface area (Å²) in [4.78, 5) is 23.1. The van der Waals surface area contributed by atoms with Crippen LogP contribution in [0.4, 0.5) is 5.82 Å². The van der Waals surface area contributed by atoms with Gasteiger partial charge in [0.05, 0.1) is 24.2 Å². The number of amides is 1. The first-order chi connectivity index (χ1) is 18.1. The number of anilines is 1. The van der Waals surface area contributed by atoms with Crippen molar-refractivity contribution in [1.29, 1.82) is 0 Å². The van der Waals surface area contributed by atoms with Crippen molar-refractivity contribution in [1.82, 2.24) is 9.97 Å². The number of hydrogen-bond donors (Lipinski definition) is 1. The molecule has 37 heavy (non-hydrogen) atoms. The minimum atomic E-state index is 0.00525. The molecule has 1 fully saturated rings. The highest BCUT2D eigenvalue weighted by Crippen LogP contribution is 2.36. The monoisotopic (exact) mass is 499 g/mol. The molecule has 0 aliphatic heterocycles. The number of aromatic nitrogens is 2. The number of benzene rings is 2. The van der Waals surface area contributed by atoms with Gasteiger partial charge in [0, 0.05) is 12.0 Å². The Bertz CT molecular complexity index is 1200. The van der Waals surface area contributed by atoms with Crippen LogP contribution in [0.1, 0.15) is 80.5 Å². The molecule has 2 aliphatic rings. The van der Waals surface area contributed by atoms with Crippen molar-refractivity contribution in [2.45, 2.75) is 85.0 Å². The Morgan fingerprint density at radius 3 is 2.49 bits per heavy atom. The summed E-state index contributed by atoms with van der Waals surface area (Å²) in [6.07, 6.45) is 10.1. The molecule has 196 valence electrons. The van der Waals surface area contributed by atoms with Gasteiger partial charge in [0.2, 0.25) is 5.91 Å². The van der Waals surface area contributed by atoms with Crippen LogP contribution in [-0.4, -0.2) is 23.0 Å². The molecular formula is C32H41N3O2. The van der Waals surface area contributed by atoms with E-state index in [1.165, 1.54) is 48.8 Å². The van der Waals surface area contributed by atoms with Crippen LogP contribution < -0.4 is 10.1 Å². The second kappa shape index (κ2) is 12.8. The Kier molecular flexibility index (Phi) is 9.32. The zero-order valence-corrected chi connectivity index (χ0v) is 22.9. The number of carbonyl (C=O) groups is 1. The summed E-state index contributed by atoms with van der Waals surface area (Å²) in [7, 11) is 1.70. The van der Waals surface area contributed by atoms with Crippen LogP contribution in [0.25, 0.3) is 11.3 Å². The van der Waals surface area contributed by atoms with Crippen molar-refractivity contribution in [3.63, 3.8) is 0 Å². The van der Waals surface area contributed by atoms with E-state index in [9.17, 15) is 4.79 Å². The smallest absolute Gasteiger partial charge is 0.225 e. The van der Waals surface area contributed by atoms with E-state index in [2.05, 4.69) is 48.6 Å². The van der Waals surface area contributed by atoms with Crippen LogP contribution in [0.3, 0.4) is 0 Å². The second-order valence-electron chi connectivity index (χ2n) is 10.1. The summed E-state index contributed by atoms with van der Waals surface area (Å²) in [5, 5.41) is 3.14. The van der Waals surface area contributed by atoms with Gasteiger partial charge in [0.1, 0.15) is 5.75 Å². The number of nitrogens with one attached hydrogen (secondary N) is 1. The molecule has 5 heteroatoms. The molecule has 0 unspecified atom stereocenters.